The van der Waals surface area contributed by atoms with E-state index in [9.17, 15) is 14.0 Å². The van der Waals surface area contributed by atoms with E-state index in [-0.39, 0.29) is 24.4 Å². The summed E-state index contributed by atoms with van der Waals surface area (Å²) < 4.78 is 18.5. The summed E-state index contributed by atoms with van der Waals surface area (Å²) in [7, 11) is 1.63. The first-order chi connectivity index (χ1) is 11.0. The van der Waals surface area contributed by atoms with Gasteiger partial charge in [0.2, 0.25) is 5.91 Å². The topological polar surface area (TPSA) is 79.5 Å². The molecule has 2 amide bonds. The molecule has 128 valence electrons. The van der Waals surface area contributed by atoms with E-state index >= 15 is 0 Å². The number of hydrogen-bond donors (Lipinski definition) is 3. The van der Waals surface area contributed by atoms with E-state index in [4.69, 9.17) is 4.74 Å². The van der Waals surface area contributed by atoms with Crippen molar-refractivity contribution in [1.29, 1.82) is 0 Å². The van der Waals surface area contributed by atoms with Gasteiger partial charge in [0, 0.05) is 44.2 Å². The van der Waals surface area contributed by atoms with Crippen molar-refractivity contribution in [2.24, 2.45) is 0 Å². The molecule has 0 spiro atoms. The fourth-order valence-electron chi connectivity index (χ4n) is 1.73. The second-order valence-corrected chi connectivity index (χ2v) is 5.58. The third-order valence-electron chi connectivity index (χ3n) is 2.92. The molecule has 0 fully saturated rings. The van der Waals surface area contributed by atoms with Crippen molar-refractivity contribution in [3.05, 3.63) is 34.1 Å². The van der Waals surface area contributed by atoms with Crippen LogP contribution < -0.4 is 16.0 Å². The monoisotopic (exact) mass is 389 g/mol. The molecule has 0 saturated heterocycles. The number of halogens is 2. The Balaban J connectivity index is 2.19. The fourth-order valence-corrected chi connectivity index (χ4v) is 2.16. The van der Waals surface area contributed by atoms with Crippen LogP contribution in [0.5, 0.6) is 0 Å². The zero-order valence-corrected chi connectivity index (χ0v) is 14.5. The highest BCUT2D eigenvalue weighted by molar-refractivity contribution is 9.10. The van der Waals surface area contributed by atoms with Crippen LogP contribution in [-0.4, -0.2) is 51.7 Å². The highest BCUT2D eigenvalue weighted by atomic mass is 79.9. The van der Waals surface area contributed by atoms with Gasteiger partial charge in [-0.1, -0.05) is 0 Å². The van der Waals surface area contributed by atoms with Crippen LogP contribution in [-0.2, 0) is 9.53 Å². The second kappa shape index (κ2) is 11.1. The number of carbonyl (C=O) groups excluding carboxylic acids is 2. The third-order valence-corrected chi connectivity index (χ3v) is 3.61. The van der Waals surface area contributed by atoms with E-state index < -0.39 is 11.7 Å². The molecule has 0 aliphatic heterocycles. The lowest BCUT2D eigenvalue weighted by atomic mass is 10.2. The summed E-state index contributed by atoms with van der Waals surface area (Å²) in [4.78, 5) is 23.5. The third kappa shape index (κ3) is 8.06. The van der Waals surface area contributed by atoms with E-state index in [2.05, 4.69) is 31.9 Å². The van der Waals surface area contributed by atoms with E-state index in [1.54, 1.807) is 7.11 Å². The number of carbonyl (C=O) groups is 2. The zero-order chi connectivity index (χ0) is 17.1. The quantitative estimate of drug-likeness (QED) is 0.522. The van der Waals surface area contributed by atoms with E-state index in [1.807, 2.05) is 0 Å². The lowest BCUT2D eigenvalue weighted by Gasteiger charge is -2.08. The molecule has 0 radical (unpaired) electrons. The molecule has 0 bridgehead atoms. The van der Waals surface area contributed by atoms with E-state index in [0.29, 0.717) is 24.2 Å². The van der Waals surface area contributed by atoms with Gasteiger partial charge in [0.15, 0.2) is 0 Å². The Morgan fingerprint density at radius 3 is 2.70 bits per heavy atom. The van der Waals surface area contributed by atoms with Crippen molar-refractivity contribution in [2.45, 2.75) is 6.42 Å². The van der Waals surface area contributed by atoms with Gasteiger partial charge in [0.25, 0.3) is 5.91 Å². The molecule has 1 rings (SSSR count). The molecule has 0 aliphatic carbocycles. The van der Waals surface area contributed by atoms with Crippen molar-refractivity contribution in [2.75, 3.05) is 39.9 Å². The first-order valence-corrected chi connectivity index (χ1v) is 8.03. The Kier molecular flexibility index (Phi) is 9.42. The molecular formula is C15H21BrFN3O3. The Bertz CT molecular complexity index is 529. The number of methoxy groups -OCH3 is 1. The molecule has 0 heterocycles. The average Bonchev–Trinajstić information content (AvgIpc) is 2.53. The second-order valence-electron chi connectivity index (χ2n) is 4.72. The summed E-state index contributed by atoms with van der Waals surface area (Å²) in [6.45, 7) is 2.69. The highest BCUT2D eigenvalue weighted by Crippen LogP contribution is 2.17. The van der Waals surface area contributed by atoms with Crippen LogP contribution in [0.25, 0.3) is 0 Å². The van der Waals surface area contributed by atoms with Crippen LogP contribution in [0.3, 0.4) is 0 Å². The van der Waals surface area contributed by atoms with Gasteiger partial charge >= 0.3 is 0 Å². The van der Waals surface area contributed by atoms with Crippen LogP contribution in [0.2, 0.25) is 0 Å². The normalized spacial score (nSPS) is 10.4. The van der Waals surface area contributed by atoms with Crippen LogP contribution in [0.4, 0.5) is 4.39 Å². The zero-order valence-electron chi connectivity index (χ0n) is 13.0. The number of hydrogen-bond acceptors (Lipinski definition) is 4. The summed E-state index contributed by atoms with van der Waals surface area (Å²) in [5.74, 6) is -1.07. The van der Waals surface area contributed by atoms with Crippen LogP contribution in [0, 0.1) is 5.82 Å². The van der Waals surface area contributed by atoms with E-state index in [0.717, 1.165) is 12.6 Å². The summed E-state index contributed by atoms with van der Waals surface area (Å²) >= 11 is 3.19. The lowest BCUT2D eigenvalue weighted by molar-refractivity contribution is -0.120. The largest absolute Gasteiger partial charge is 0.383 e. The molecule has 0 aliphatic rings. The predicted octanol–water partition coefficient (Wildman–Crippen LogP) is 1.06. The van der Waals surface area contributed by atoms with Gasteiger partial charge in [-0.15, -0.1) is 0 Å². The minimum Gasteiger partial charge on any atom is -0.383 e. The smallest absolute Gasteiger partial charge is 0.252 e. The maximum atomic E-state index is 13.1. The SMILES string of the molecule is COCCNCCNC(=O)CCNC(=O)c1cc(F)ccc1Br. The van der Waals surface area contributed by atoms with Gasteiger partial charge in [-0.05, 0) is 34.1 Å². The molecule has 1 aromatic rings. The van der Waals surface area contributed by atoms with Crippen molar-refractivity contribution in [1.82, 2.24) is 16.0 Å². The molecule has 8 heteroatoms. The summed E-state index contributed by atoms with van der Waals surface area (Å²) in [5, 5.41) is 8.42. The van der Waals surface area contributed by atoms with Gasteiger partial charge in [0.1, 0.15) is 5.82 Å². The molecule has 0 aromatic heterocycles. The van der Waals surface area contributed by atoms with Crippen LogP contribution in [0.15, 0.2) is 22.7 Å². The van der Waals surface area contributed by atoms with Crippen molar-refractivity contribution < 1.29 is 18.7 Å². The molecule has 6 nitrogen and oxygen atoms in total. The minimum absolute atomic E-state index is 0.155. The molecule has 0 unspecified atom stereocenters. The van der Waals surface area contributed by atoms with Gasteiger partial charge in [-0.25, -0.2) is 4.39 Å². The van der Waals surface area contributed by atoms with Crippen molar-refractivity contribution >= 4 is 27.7 Å². The molecule has 1 aromatic carbocycles. The summed E-state index contributed by atoms with van der Waals surface area (Å²) in [6.07, 6.45) is 0.163. The van der Waals surface area contributed by atoms with Crippen molar-refractivity contribution in [3.8, 4) is 0 Å². The Labute approximate surface area is 143 Å². The maximum Gasteiger partial charge on any atom is 0.252 e. The number of rotatable bonds is 10. The molecule has 0 atom stereocenters. The molecule has 3 N–H and O–H groups in total. The predicted molar refractivity (Wildman–Crippen MR) is 88.8 cm³/mol. The van der Waals surface area contributed by atoms with Gasteiger partial charge < -0.3 is 20.7 Å². The standard InChI is InChI=1S/C15H21BrFN3O3/c1-23-9-8-18-6-7-19-14(21)4-5-20-15(22)12-10-11(17)2-3-13(12)16/h2-3,10,18H,4-9H2,1H3,(H,19,21)(H,20,22). The maximum absolute atomic E-state index is 13.1. The Morgan fingerprint density at radius 1 is 1.17 bits per heavy atom. The number of amides is 2. The van der Waals surface area contributed by atoms with Crippen LogP contribution >= 0.6 is 15.9 Å². The first kappa shape index (κ1) is 19.5. The van der Waals surface area contributed by atoms with Gasteiger partial charge in [-0.2, -0.15) is 0 Å². The van der Waals surface area contributed by atoms with Crippen LogP contribution in [0.1, 0.15) is 16.8 Å². The Hall–Kier alpha value is -1.51. The average molecular weight is 390 g/mol. The van der Waals surface area contributed by atoms with Gasteiger partial charge in [0.05, 0.1) is 12.2 Å². The fraction of sp³-hybridized carbons (Fsp3) is 0.467. The lowest BCUT2D eigenvalue weighted by Crippen LogP contribution is -2.35. The highest BCUT2D eigenvalue weighted by Gasteiger charge is 2.11. The Morgan fingerprint density at radius 2 is 1.96 bits per heavy atom. The summed E-state index contributed by atoms with van der Waals surface area (Å²) in [6, 6.07) is 3.87. The molecule has 23 heavy (non-hydrogen) atoms. The van der Waals surface area contributed by atoms with E-state index in [1.165, 1.54) is 12.1 Å². The first-order valence-electron chi connectivity index (χ1n) is 7.24. The number of ether oxygens (including phenoxy) is 1. The minimum atomic E-state index is -0.489. The summed E-state index contributed by atoms with van der Waals surface area (Å²) in [5.41, 5.74) is 0.202. The molecule has 0 saturated carbocycles. The number of benzene rings is 1. The van der Waals surface area contributed by atoms with Gasteiger partial charge in [-0.3, -0.25) is 9.59 Å². The molecular weight excluding hydrogens is 369 g/mol. The number of nitrogens with one attached hydrogen (secondary N) is 3. The van der Waals surface area contributed by atoms with Crippen molar-refractivity contribution in [3.63, 3.8) is 0 Å².